The van der Waals surface area contributed by atoms with E-state index >= 15 is 0 Å². The van der Waals surface area contributed by atoms with Crippen LogP contribution < -0.4 is 10.6 Å². The first-order valence-corrected chi connectivity index (χ1v) is 10.5. The summed E-state index contributed by atoms with van der Waals surface area (Å²) in [6.07, 6.45) is 4.24. The summed E-state index contributed by atoms with van der Waals surface area (Å²) < 4.78 is 14.5. The number of benzene rings is 1. The highest BCUT2D eigenvalue weighted by atomic mass is 35.5. The number of aromatic nitrogens is 3. The van der Waals surface area contributed by atoms with Crippen molar-refractivity contribution >= 4 is 29.0 Å². The van der Waals surface area contributed by atoms with E-state index in [0.29, 0.717) is 16.5 Å². The predicted octanol–water partition coefficient (Wildman–Crippen LogP) is 2.65. The molecule has 0 spiro atoms. The number of hydrogen-bond acceptors (Lipinski definition) is 7. The molecule has 1 atom stereocenters. The number of fused-ring (bicyclic) bond motifs is 1. The maximum absolute atomic E-state index is 14.5. The number of pyridine rings is 1. The van der Waals surface area contributed by atoms with Crippen molar-refractivity contribution in [2.24, 2.45) is 0 Å². The van der Waals surface area contributed by atoms with E-state index in [4.69, 9.17) is 16.7 Å². The van der Waals surface area contributed by atoms with Gasteiger partial charge in [-0.15, -0.1) is 0 Å². The van der Waals surface area contributed by atoms with Gasteiger partial charge in [0.2, 0.25) is 0 Å². The van der Waals surface area contributed by atoms with Gasteiger partial charge in [-0.1, -0.05) is 11.6 Å². The van der Waals surface area contributed by atoms with Crippen molar-refractivity contribution in [1.82, 2.24) is 20.3 Å². The van der Waals surface area contributed by atoms with Crippen LogP contribution in [-0.4, -0.2) is 50.3 Å². The van der Waals surface area contributed by atoms with Gasteiger partial charge in [0.1, 0.15) is 11.6 Å². The first-order valence-electron chi connectivity index (χ1n) is 10.1. The van der Waals surface area contributed by atoms with Crippen molar-refractivity contribution in [3.63, 3.8) is 0 Å². The van der Waals surface area contributed by atoms with Crippen molar-refractivity contribution < 1.29 is 19.4 Å². The Kier molecular flexibility index (Phi) is 6.59. The van der Waals surface area contributed by atoms with Crippen molar-refractivity contribution in [2.45, 2.75) is 25.4 Å². The smallest absolute Gasteiger partial charge is 0.255 e. The minimum absolute atomic E-state index is 0.106. The minimum Gasteiger partial charge on any atom is -0.394 e. The minimum atomic E-state index is -1.06. The number of amides is 1. The molecule has 0 unspecified atom stereocenters. The zero-order valence-corrected chi connectivity index (χ0v) is 17.7. The highest BCUT2D eigenvalue weighted by molar-refractivity contribution is 6.30. The number of aliphatic hydroxyl groups excluding tert-OH is 2. The van der Waals surface area contributed by atoms with Crippen LogP contribution in [0, 0.1) is 5.82 Å². The molecule has 1 aromatic carbocycles. The van der Waals surface area contributed by atoms with E-state index in [1.165, 1.54) is 30.6 Å². The lowest BCUT2D eigenvalue weighted by atomic mass is 10.1. The van der Waals surface area contributed by atoms with Crippen LogP contribution in [0.15, 0.2) is 36.7 Å². The van der Waals surface area contributed by atoms with E-state index in [2.05, 4.69) is 25.6 Å². The Labute approximate surface area is 188 Å². The van der Waals surface area contributed by atoms with Crippen LogP contribution in [0.5, 0.6) is 0 Å². The molecule has 0 saturated heterocycles. The molecule has 32 heavy (non-hydrogen) atoms. The van der Waals surface area contributed by atoms with Gasteiger partial charge in [0.25, 0.3) is 5.91 Å². The van der Waals surface area contributed by atoms with Crippen molar-refractivity contribution in [3.8, 4) is 11.4 Å². The quantitative estimate of drug-likeness (QED) is 0.430. The van der Waals surface area contributed by atoms with E-state index in [0.717, 1.165) is 30.5 Å². The van der Waals surface area contributed by atoms with Gasteiger partial charge in [0, 0.05) is 35.2 Å². The van der Waals surface area contributed by atoms with E-state index in [1.54, 1.807) is 6.07 Å². The fraction of sp³-hybridized carbons (Fsp3) is 0.273. The van der Waals surface area contributed by atoms with Gasteiger partial charge < -0.3 is 20.8 Å². The van der Waals surface area contributed by atoms with Gasteiger partial charge >= 0.3 is 0 Å². The van der Waals surface area contributed by atoms with Crippen LogP contribution in [0.2, 0.25) is 5.02 Å². The zero-order valence-electron chi connectivity index (χ0n) is 17.0. The molecule has 0 fully saturated rings. The number of halogens is 2. The Hall–Kier alpha value is -3.14. The number of nitrogens with one attached hydrogen (secondary N) is 2. The Morgan fingerprint density at radius 3 is 2.91 bits per heavy atom. The summed E-state index contributed by atoms with van der Waals surface area (Å²) in [4.78, 5) is 25.7. The lowest BCUT2D eigenvalue weighted by Gasteiger charge is -2.15. The molecule has 4 N–H and O–H groups in total. The molecule has 0 saturated carbocycles. The molecule has 10 heteroatoms. The van der Waals surface area contributed by atoms with Crippen LogP contribution in [0.4, 0.5) is 15.9 Å². The third kappa shape index (κ3) is 4.69. The van der Waals surface area contributed by atoms with Gasteiger partial charge in [-0.25, -0.2) is 14.4 Å². The van der Waals surface area contributed by atoms with E-state index in [-0.39, 0.29) is 23.5 Å². The third-order valence-electron chi connectivity index (χ3n) is 5.13. The molecule has 1 aliphatic carbocycles. The molecular formula is C22H21ClFN5O3. The Morgan fingerprint density at radius 1 is 1.25 bits per heavy atom. The first-order chi connectivity index (χ1) is 15.5. The average molecular weight is 458 g/mol. The van der Waals surface area contributed by atoms with E-state index in [9.17, 15) is 14.3 Å². The molecule has 8 nitrogen and oxygen atoms in total. The number of anilines is 2. The van der Waals surface area contributed by atoms with Crippen molar-refractivity contribution in [3.05, 3.63) is 64.3 Å². The molecule has 4 rings (SSSR count). The number of hydrogen-bond donors (Lipinski definition) is 4. The molecule has 1 aliphatic rings. The third-order valence-corrected chi connectivity index (χ3v) is 5.37. The number of nitrogens with zero attached hydrogens (tertiary/aromatic N) is 3. The topological polar surface area (TPSA) is 120 Å². The second-order valence-corrected chi connectivity index (χ2v) is 7.83. The van der Waals surface area contributed by atoms with Gasteiger partial charge in [-0.05, 0) is 43.5 Å². The summed E-state index contributed by atoms with van der Waals surface area (Å²) in [5, 5.41) is 24.5. The van der Waals surface area contributed by atoms with Crippen LogP contribution in [0.25, 0.3) is 11.4 Å². The Balaban J connectivity index is 1.69. The normalized spacial score (nSPS) is 13.5. The molecule has 2 aromatic heterocycles. The summed E-state index contributed by atoms with van der Waals surface area (Å²) in [6, 6.07) is 5.84. The fourth-order valence-corrected chi connectivity index (χ4v) is 3.68. The summed E-state index contributed by atoms with van der Waals surface area (Å²) in [5.41, 5.74) is 2.61. The molecule has 2 heterocycles. The number of carbonyl (C=O) groups excluding carboxylic acids is 1. The molecule has 3 aromatic rings. The van der Waals surface area contributed by atoms with Crippen LogP contribution in [0.1, 0.15) is 28.0 Å². The number of rotatable bonds is 7. The molecule has 1 amide bonds. The summed E-state index contributed by atoms with van der Waals surface area (Å²) >= 11 is 6.05. The largest absolute Gasteiger partial charge is 0.394 e. The molecule has 166 valence electrons. The lowest BCUT2D eigenvalue weighted by molar-refractivity contribution is 0.0802. The molecular weight excluding hydrogens is 437 g/mol. The average Bonchev–Trinajstić information content (AvgIpc) is 3.28. The first kappa shape index (κ1) is 22.1. The second kappa shape index (κ2) is 9.56. The SMILES string of the molecule is O=C(NC[C@@H](O)CO)c1cnccc1Nc1nc(-c2cc(Cl)ccc2F)nc2c1CCC2. The molecule has 0 radical (unpaired) electrons. The highest BCUT2D eigenvalue weighted by Crippen LogP contribution is 2.33. The summed E-state index contributed by atoms with van der Waals surface area (Å²) in [5.74, 6) is -0.263. The van der Waals surface area contributed by atoms with Crippen molar-refractivity contribution in [1.29, 1.82) is 0 Å². The predicted molar refractivity (Wildman–Crippen MR) is 117 cm³/mol. The maximum Gasteiger partial charge on any atom is 0.255 e. The van der Waals surface area contributed by atoms with Crippen LogP contribution >= 0.6 is 11.6 Å². The van der Waals surface area contributed by atoms with Gasteiger partial charge in [0.15, 0.2) is 5.82 Å². The number of aliphatic hydroxyl groups is 2. The highest BCUT2D eigenvalue weighted by Gasteiger charge is 2.23. The lowest BCUT2D eigenvalue weighted by Crippen LogP contribution is -2.34. The van der Waals surface area contributed by atoms with E-state index in [1.807, 2.05) is 0 Å². The number of carbonyl (C=O) groups is 1. The van der Waals surface area contributed by atoms with Crippen LogP contribution in [-0.2, 0) is 12.8 Å². The monoisotopic (exact) mass is 457 g/mol. The summed E-state index contributed by atoms with van der Waals surface area (Å²) in [6.45, 7) is -0.570. The van der Waals surface area contributed by atoms with Crippen molar-refractivity contribution in [2.75, 3.05) is 18.5 Å². The Morgan fingerprint density at radius 2 is 2.09 bits per heavy atom. The second-order valence-electron chi connectivity index (χ2n) is 7.39. The fourth-order valence-electron chi connectivity index (χ4n) is 3.51. The standard InChI is InChI=1S/C22H21ClFN5O3/c23-12-4-5-17(24)15(8-12)21-27-18-3-1-2-14(18)20(29-21)28-19-6-7-25-10-16(19)22(32)26-9-13(31)11-30/h4-8,10,13,30-31H,1-3,9,11H2,(H,26,32)(H,25,27,28,29)/t13-/m1/s1. The van der Waals surface area contributed by atoms with Gasteiger partial charge in [-0.2, -0.15) is 0 Å². The molecule has 0 aliphatic heterocycles. The molecule has 0 bridgehead atoms. The van der Waals surface area contributed by atoms with E-state index < -0.39 is 24.4 Å². The van der Waals surface area contributed by atoms with Crippen LogP contribution in [0.3, 0.4) is 0 Å². The number of aryl methyl sites for hydroxylation is 1. The van der Waals surface area contributed by atoms with Gasteiger partial charge in [-0.3, -0.25) is 9.78 Å². The zero-order chi connectivity index (χ0) is 22.7. The van der Waals surface area contributed by atoms with Gasteiger partial charge in [0.05, 0.1) is 29.5 Å². The maximum atomic E-state index is 14.5. The Bertz CT molecular complexity index is 1160. The summed E-state index contributed by atoms with van der Waals surface area (Å²) in [7, 11) is 0.